The lowest BCUT2D eigenvalue weighted by atomic mass is 10.3. The van der Waals surface area contributed by atoms with Crippen molar-refractivity contribution in [2.24, 2.45) is 0 Å². The van der Waals surface area contributed by atoms with Crippen LogP contribution in [-0.2, 0) is 4.79 Å². The highest BCUT2D eigenvalue weighted by molar-refractivity contribution is 6.36. The van der Waals surface area contributed by atoms with Crippen molar-refractivity contribution in [2.75, 3.05) is 18.4 Å². The molecule has 0 aliphatic heterocycles. The first-order valence-electron chi connectivity index (χ1n) is 7.73. The van der Waals surface area contributed by atoms with Crippen molar-refractivity contribution < 1.29 is 9.59 Å². The third-order valence-corrected chi connectivity index (χ3v) is 3.87. The molecule has 0 unspecified atom stereocenters. The molecule has 2 aromatic rings. The summed E-state index contributed by atoms with van der Waals surface area (Å²) >= 11 is 11.9. The number of nitrogens with zero attached hydrogens (tertiary/aromatic N) is 3. The van der Waals surface area contributed by atoms with Crippen LogP contribution in [0, 0.1) is 6.92 Å². The van der Waals surface area contributed by atoms with Gasteiger partial charge in [0.1, 0.15) is 12.2 Å². The molecule has 2 amide bonds. The van der Waals surface area contributed by atoms with E-state index in [1.807, 2.05) is 6.92 Å². The van der Waals surface area contributed by atoms with Gasteiger partial charge in [-0.25, -0.2) is 4.98 Å². The van der Waals surface area contributed by atoms with Crippen molar-refractivity contribution in [2.45, 2.75) is 20.3 Å². The molecule has 2 rings (SSSR count). The molecule has 0 saturated heterocycles. The van der Waals surface area contributed by atoms with Crippen molar-refractivity contribution in [3.63, 3.8) is 0 Å². The number of rotatable bonds is 6. The topological polar surface area (TPSA) is 75.2 Å². The third kappa shape index (κ3) is 5.41. The van der Waals surface area contributed by atoms with Gasteiger partial charge < -0.3 is 10.2 Å². The van der Waals surface area contributed by atoms with E-state index in [0.717, 1.165) is 0 Å². The number of carbonyl (C=O) groups is 2. The number of aromatic nitrogens is 2. The molecule has 0 bridgehead atoms. The predicted molar refractivity (Wildman–Crippen MR) is 98.1 cm³/mol. The molecule has 1 aromatic carbocycles. The highest BCUT2D eigenvalue weighted by Gasteiger charge is 2.20. The van der Waals surface area contributed by atoms with Crippen LogP contribution in [0.2, 0.25) is 10.0 Å². The maximum absolute atomic E-state index is 12.5. The molecular formula is C17H18Cl2N4O2. The van der Waals surface area contributed by atoms with E-state index < -0.39 is 0 Å². The van der Waals surface area contributed by atoms with Gasteiger partial charge in [0.15, 0.2) is 0 Å². The molecule has 1 aromatic heterocycles. The minimum absolute atomic E-state index is 0.110. The van der Waals surface area contributed by atoms with Crippen LogP contribution >= 0.6 is 23.2 Å². The predicted octanol–water partition coefficient (Wildman–Crippen LogP) is 3.58. The number of carbonyl (C=O) groups excluding carboxylic acids is 2. The molecule has 1 heterocycles. The van der Waals surface area contributed by atoms with Crippen LogP contribution in [0.5, 0.6) is 0 Å². The quantitative estimate of drug-likeness (QED) is 0.830. The van der Waals surface area contributed by atoms with Crippen LogP contribution in [-0.4, -0.2) is 39.8 Å². The summed E-state index contributed by atoms with van der Waals surface area (Å²) in [4.78, 5) is 34.4. The number of hydrogen-bond donors (Lipinski definition) is 1. The van der Waals surface area contributed by atoms with Gasteiger partial charge in [0.05, 0.1) is 22.6 Å². The van der Waals surface area contributed by atoms with Crippen molar-refractivity contribution in [3.8, 4) is 0 Å². The van der Waals surface area contributed by atoms with Crippen LogP contribution in [0.3, 0.4) is 0 Å². The first kappa shape index (κ1) is 19.1. The lowest BCUT2D eigenvalue weighted by Gasteiger charge is -2.21. The van der Waals surface area contributed by atoms with Crippen LogP contribution in [0.4, 0.5) is 5.69 Å². The molecule has 0 atom stereocenters. The minimum Gasteiger partial charge on any atom is -0.328 e. The van der Waals surface area contributed by atoms with Crippen molar-refractivity contribution in [1.82, 2.24) is 14.9 Å². The Kier molecular flexibility index (Phi) is 6.73. The van der Waals surface area contributed by atoms with Gasteiger partial charge in [-0.2, -0.15) is 0 Å². The maximum atomic E-state index is 12.5. The second kappa shape index (κ2) is 8.78. The fourth-order valence-electron chi connectivity index (χ4n) is 2.14. The Morgan fingerprint density at radius 2 is 1.96 bits per heavy atom. The monoisotopic (exact) mass is 380 g/mol. The average Bonchev–Trinajstić information content (AvgIpc) is 2.57. The maximum Gasteiger partial charge on any atom is 0.274 e. The average molecular weight is 381 g/mol. The van der Waals surface area contributed by atoms with E-state index in [0.29, 0.717) is 34.4 Å². The molecule has 0 spiro atoms. The largest absolute Gasteiger partial charge is 0.328 e. The number of halogens is 2. The second-order valence-corrected chi connectivity index (χ2v) is 6.29. The molecule has 132 valence electrons. The third-order valence-electron chi connectivity index (χ3n) is 3.32. The van der Waals surface area contributed by atoms with Gasteiger partial charge >= 0.3 is 0 Å². The number of anilines is 1. The SMILES string of the molecule is CCCN(CC(=O)Nc1ccc(Cl)cc1Cl)C(=O)c1cnc(C)cn1. The summed E-state index contributed by atoms with van der Waals surface area (Å²) < 4.78 is 0. The smallest absolute Gasteiger partial charge is 0.274 e. The van der Waals surface area contributed by atoms with E-state index >= 15 is 0 Å². The summed E-state index contributed by atoms with van der Waals surface area (Å²) in [5.41, 5.74) is 1.36. The molecule has 25 heavy (non-hydrogen) atoms. The van der Waals surface area contributed by atoms with Crippen LogP contribution in [0.15, 0.2) is 30.6 Å². The van der Waals surface area contributed by atoms with E-state index in [1.54, 1.807) is 19.1 Å². The number of benzene rings is 1. The summed E-state index contributed by atoms with van der Waals surface area (Å²) in [5.74, 6) is -0.696. The lowest BCUT2D eigenvalue weighted by molar-refractivity contribution is -0.116. The zero-order valence-electron chi connectivity index (χ0n) is 13.9. The fourth-order valence-corrected chi connectivity index (χ4v) is 2.60. The van der Waals surface area contributed by atoms with E-state index in [1.165, 1.54) is 23.4 Å². The summed E-state index contributed by atoms with van der Waals surface area (Å²) in [6, 6.07) is 4.77. The van der Waals surface area contributed by atoms with E-state index in [4.69, 9.17) is 23.2 Å². The van der Waals surface area contributed by atoms with Gasteiger partial charge in [-0.05, 0) is 31.5 Å². The molecule has 0 aliphatic rings. The Hall–Kier alpha value is -2.18. The van der Waals surface area contributed by atoms with Gasteiger partial charge in [-0.15, -0.1) is 0 Å². The molecule has 0 radical (unpaired) electrons. The molecule has 8 heteroatoms. The number of hydrogen-bond acceptors (Lipinski definition) is 4. The van der Waals surface area contributed by atoms with Gasteiger partial charge in [0.2, 0.25) is 5.91 Å². The van der Waals surface area contributed by atoms with Crippen molar-refractivity contribution in [1.29, 1.82) is 0 Å². The van der Waals surface area contributed by atoms with Gasteiger partial charge in [0, 0.05) is 17.8 Å². The highest BCUT2D eigenvalue weighted by Crippen LogP contribution is 2.25. The standard InChI is InChI=1S/C17H18Cl2N4O2/c1-3-6-23(17(25)15-9-20-11(2)8-21-15)10-16(24)22-14-5-4-12(18)7-13(14)19/h4-5,7-9H,3,6,10H2,1-2H3,(H,22,24). The highest BCUT2D eigenvalue weighted by atomic mass is 35.5. The van der Waals surface area contributed by atoms with Gasteiger partial charge in [-0.3, -0.25) is 14.6 Å². The molecule has 0 aliphatic carbocycles. The Balaban J connectivity index is 2.08. The summed E-state index contributed by atoms with van der Waals surface area (Å²) in [6.07, 6.45) is 3.64. The Morgan fingerprint density at radius 1 is 1.20 bits per heavy atom. The molecule has 1 N–H and O–H groups in total. The molecule has 0 fully saturated rings. The second-order valence-electron chi connectivity index (χ2n) is 5.44. The first-order chi connectivity index (χ1) is 11.9. The number of nitrogens with one attached hydrogen (secondary N) is 1. The van der Waals surface area contributed by atoms with Crippen molar-refractivity contribution in [3.05, 3.63) is 52.0 Å². The Bertz CT molecular complexity index is 766. The van der Waals surface area contributed by atoms with E-state index in [9.17, 15) is 9.59 Å². The van der Waals surface area contributed by atoms with Crippen LogP contribution in [0.25, 0.3) is 0 Å². The zero-order valence-corrected chi connectivity index (χ0v) is 15.4. The fraction of sp³-hybridized carbons (Fsp3) is 0.294. The summed E-state index contributed by atoms with van der Waals surface area (Å²) in [6.45, 7) is 4.03. The van der Waals surface area contributed by atoms with Crippen LogP contribution in [0.1, 0.15) is 29.5 Å². The minimum atomic E-state index is -0.355. The number of aryl methyl sites for hydroxylation is 1. The molecule has 0 saturated carbocycles. The van der Waals surface area contributed by atoms with Gasteiger partial charge in [0.25, 0.3) is 5.91 Å². The van der Waals surface area contributed by atoms with Crippen LogP contribution < -0.4 is 5.32 Å². The van der Waals surface area contributed by atoms with E-state index in [-0.39, 0.29) is 24.1 Å². The van der Waals surface area contributed by atoms with Crippen molar-refractivity contribution >= 4 is 40.7 Å². The van der Waals surface area contributed by atoms with Gasteiger partial charge in [-0.1, -0.05) is 30.1 Å². The molecule has 6 nitrogen and oxygen atoms in total. The normalized spacial score (nSPS) is 10.4. The summed E-state index contributed by atoms with van der Waals surface area (Å²) in [7, 11) is 0. The first-order valence-corrected chi connectivity index (χ1v) is 8.49. The lowest BCUT2D eigenvalue weighted by Crippen LogP contribution is -2.39. The van der Waals surface area contributed by atoms with E-state index in [2.05, 4.69) is 15.3 Å². The zero-order chi connectivity index (χ0) is 18.4. The molecular weight excluding hydrogens is 363 g/mol. The Labute approximate surface area is 156 Å². The summed E-state index contributed by atoms with van der Waals surface area (Å²) in [5, 5.41) is 3.49. The Morgan fingerprint density at radius 3 is 2.56 bits per heavy atom. The number of amides is 2.